The van der Waals surface area contributed by atoms with E-state index in [0.29, 0.717) is 11.1 Å². The summed E-state index contributed by atoms with van der Waals surface area (Å²) in [6.45, 7) is 0.260. The molecule has 2 rings (SSSR count). The minimum atomic E-state index is -3.14. The Morgan fingerprint density at radius 3 is 2.41 bits per heavy atom. The van der Waals surface area contributed by atoms with E-state index in [1.165, 1.54) is 0 Å². The summed E-state index contributed by atoms with van der Waals surface area (Å²) in [6, 6.07) is 15.9. The van der Waals surface area contributed by atoms with Crippen molar-refractivity contribution in [2.75, 3.05) is 6.26 Å². The number of hydroxylamine groups is 1. The van der Waals surface area contributed by atoms with Gasteiger partial charge >= 0.3 is 0 Å². The van der Waals surface area contributed by atoms with Crippen LogP contribution >= 0.6 is 0 Å². The minimum absolute atomic E-state index is 0.0982. The molecular formula is C16H17NO4S. The SMILES string of the molecule is CS(=O)(=O)Cc1cccc(C(=O)NOCc2ccccc2)c1. The lowest BCUT2D eigenvalue weighted by Crippen LogP contribution is -2.23. The second kappa shape index (κ2) is 7.20. The quantitative estimate of drug-likeness (QED) is 0.828. The Hall–Kier alpha value is -2.18. The number of rotatable bonds is 6. The van der Waals surface area contributed by atoms with E-state index in [4.69, 9.17) is 4.84 Å². The van der Waals surface area contributed by atoms with Gasteiger partial charge < -0.3 is 0 Å². The van der Waals surface area contributed by atoms with Crippen LogP contribution in [-0.4, -0.2) is 20.6 Å². The first kappa shape index (κ1) is 16.2. The molecule has 0 aliphatic heterocycles. The van der Waals surface area contributed by atoms with Crippen molar-refractivity contribution in [3.8, 4) is 0 Å². The van der Waals surface area contributed by atoms with Crippen LogP contribution in [0.25, 0.3) is 0 Å². The highest BCUT2D eigenvalue weighted by Crippen LogP contribution is 2.09. The Kier molecular flexibility index (Phi) is 5.30. The fraction of sp³-hybridized carbons (Fsp3) is 0.188. The first-order chi connectivity index (χ1) is 10.4. The van der Waals surface area contributed by atoms with Crippen LogP contribution in [0.1, 0.15) is 21.5 Å². The molecule has 0 aliphatic rings. The Morgan fingerprint density at radius 1 is 1.05 bits per heavy atom. The van der Waals surface area contributed by atoms with Crippen LogP contribution in [0.3, 0.4) is 0 Å². The molecule has 2 aromatic rings. The van der Waals surface area contributed by atoms with Crippen molar-refractivity contribution in [1.29, 1.82) is 0 Å². The lowest BCUT2D eigenvalue weighted by atomic mass is 10.1. The molecule has 0 aromatic heterocycles. The van der Waals surface area contributed by atoms with Gasteiger partial charge in [0.1, 0.15) is 0 Å². The number of hydrogen-bond donors (Lipinski definition) is 1. The molecule has 0 saturated heterocycles. The van der Waals surface area contributed by atoms with E-state index in [1.807, 2.05) is 30.3 Å². The molecule has 116 valence electrons. The van der Waals surface area contributed by atoms with E-state index in [-0.39, 0.29) is 12.4 Å². The van der Waals surface area contributed by atoms with Gasteiger partial charge in [0.15, 0.2) is 9.84 Å². The third kappa shape index (κ3) is 5.31. The monoisotopic (exact) mass is 319 g/mol. The van der Waals surface area contributed by atoms with Gasteiger partial charge in [-0.25, -0.2) is 13.9 Å². The molecule has 0 aliphatic carbocycles. The molecule has 0 atom stereocenters. The molecule has 0 radical (unpaired) electrons. The highest BCUT2D eigenvalue weighted by Gasteiger charge is 2.09. The van der Waals surface area contributed by atoms with Gasteiger partial charge in [-0.2, -0.15) is 0 Å². The molecule has 0 unspecified atom stereocenters. The van der Waals surface area contributed by atoms with Crippen molar-refractivity contribution < 1.29 is 18.0 Å². The molecule has 0 saturated carbocycles. The summed E-state index contributed by atoms with van der Waals surface area (Å²) in [5, 5.41) is 0. The third-order valence-corrected chi connectivity index (χ3v) is 3.72. The van der Waals surface area contributed by atoms with Gasteiger partial charge in [-0.3, -0.25) is 9.63 Å². The standard InChI is InChI=1S/C16H17NO4S/c1-22(19,20)12-14-8-5-9-15(10-14)16(18)17-21-11-13-6-3-2-4-7-13/h2-10H,11-12H2,1H3,(H,17,18). The summed E-state index contributed by atoms with van der Waals surface area (Å²) in [5.74, 6) is -0.509. The molecule has 22 heavy (non-hydrogen) atoms. The largest absolute Gasteiger partial charge is 0.274 e. The molecule has 0 heterocycles. The van der Waals surface area contributed by atoms with Gasteiger partial charge in [0.05, 0.1) is 12.4 Å². The maximum Gasteiger partial charge on any atom is 0.274 e. The van der Waals surface area contributed by atoms with Gasteiger partial charge in [-0.1, -0.05) is 42.5 Å². The zero-order chi connectivity index (χ0) is 16.0. The van der Waals surface area contributed by atoms with Gasteiger partial charge in [0.2, 0.25) is 0 Å². The van der Waals surface area contributed by atoms with Crippen LogP contribution in [0.2, 0.25) is 0 Å². The Bertz CT molecular complexity index is 742. The predicted molar refractivity (Wildman–Crippen MR) is 83.7 cm³/mol. The van der Waals surface area contributed by atoms with Crippen molar-refractivity contribution in [3.63, 3.8) is 0 Å². The van der Waals surface area contributed by atoms with E-state index in [2.05, 4.69) is 5.48 Å². The molecule has 5 nitrogen and oxygen atoms in total. The van der Waals surface area contributed by atoms with E-state index in [1.54, 1.807) is 24.3 Å². The number of nitrogens with one attached hydrogen (secondary N) is 1. The van der Waals surface area contributed by atoms with Crippen LogP contribution in [0.15, 0.2) is 54.6 Å². The Labute approximate surface area is 129 Å². The number of hydrogen-bond acceptors (Lipinski definition) is 4. The maximum absolute atomic E-state index is 12.0. The maximum atomic E-state index is 12.0. The van der Waals surface area contributed by atoms with E-state index < -0.39 is 15.7 Å². The lowest BCUT2D eigenvalue weighted by molar-refractivity contribution is 0.0233. The molecule has 1 amide bonds. The van der Waals surface area contributed by atoms with Gasteiger partial charge in [-0.15, -0.1) is 0 Å². The molecule has 2 aromatic carbocycles. The molecule has 6 heteroatoms. The molecule has 1 N–H and O–H groups in total. The summed E-state index contributed by atoms with van der Waals surface area (Å²) in [4.78, 5) is 17.1. The molecule has 0 bridgehead atoms. The Morgan fingerprint density at radius 2 is 1.73 bits per heavy atom. The number of benzene rings is 2. The zero-order valence-electron chi connectivity index (χ0n) is 12.2. The van der Waals surface area contributed by atoms with Crippen molar-refractivity contribution in [1.82, 2.24) is 5.48 Å². The molecule has 0 spiro atoms. The average molecular weight is 319 g/mol. The Balaban J connectivity index is 1.93. The highest BCUT2D eigenvalue weighted by atomic mass is 32.2. The normalized spacial score (nSPS) is 11.1. The van der Waals surface area contributed by atoms with Crippen LogP contribution < -0.4 is 5.48 Å². The predicted octanol–water partition coefficient (Wildman–Crippen LogP) is 2.09. The number of carbonyl (C=O) groups is 1. The van der Waals surface area contributed by atoms with Crippen LogP contribution in [0, 0.1) is 0 Å². The minimum Gasteiger partial charge on any atom is -0.269 e. The molecular weight excluding hydrogens is 302 g/mol. The summed E-state index contributed by atoms with van der Waals surface area (Å²) < 4.78 is 22.6. The van der Waals surface area contributed by atoms with Gasteiger partial charge in [0.25, 0.3) is 5.91 Å². The van der Waals surface area contributed by atoms with Crippen LogP contribution in [0.4, 0.5) is 0 Å². The fourth-order valence-electron chi connectivity index (χ4n) is 1.92. The number of carbonyl (C=O) groups excluding carboxylic acids is 1. The topological polar surface area (TPSA) is 72.5 Å². The summed E-state index contributed by atoms with van der Waals surface area (Å²) in [6.07, 6.45) is 1.16. The van der Waals surface area contributed by atoms with Gasteiger partial charge in [-0.05, 0) is 23.3 Å². The van der Waals surface area contributed by atoms with E-state index in [9.17, 15) is 13.2 Å². The summed E-state index contributed by atoms with van der Waals surface area (Å²) in [7, 11) is -3.14. The van der Waals surface area contributed by atoms with E-state index >= 15 is 0 Å². The van der Waals surface area contributed by atoms with Crippen molar-refractivity contribution in [2.45, 2.75) is 12.4 Å². The smallest absolute Gasteiger partial charge is 0.269 e. The zero-order valence-corrected chi connectivity index (χ0v) is 13.0. The first-order valence-electron chi connectivity index (χ1n) is 6.67. The van der Waals surface area contributed by atoms with E-state index in [0.717, 1.165) is 11.8 Å². The fourth-order valence-corrected chi connectivity index (χ4v) is 2.71. The highest BCUT2D eigenvalue weighted by molar-refractivity contribution is 7.89. The number of amides is 1. The summed E-state index contributed by atoms with van der Waals surface area (Å²) in [5.41, 5.74) is 4.21. The molecule has 0 fully saturated rings. The second-order valence-corrected chi connectivity index (χ2v) is 7.12. The second-order valence-electron chi connectivity index (χ2n) is 4.98. The van der Waals surface area contributed by atoms with Gasteiger partial charge in [0, 0.05) is 11.8 Å². The number of sulfone groups is 1. The summed E-state index contributed by atoms with van der Waals surface area (Å²) >= 11 is 0. The van der Waals surface area contributed by atoms with Crippen LogP contribution in [0.5, 0.6) is 0 Å². The third-order valence-electron chi connectivity index (χ3n) is 2.86. The average Bonchev–Trinajstić information content (AvgIpc) is 2.47. The van der Waals surface area contributed by atoms with Crippen molar-refractivity contribution in [3.05, 3.63) is 71.3 Å². The first-order valence-corrected chi connectivity index (χ1v) is 8.73. The van der Waals surface area contributed by atoms with Crippen LogP contribution in [-0.2, 0) is 27.0 Å². The van der Waals surface area contributed by atoms with Crippen molar-refractivity contribution in [2.24, 2.45) is 0 Å². The van der Waals surface area contributed by atoms with Crippen molar-refractivity contribution >= 4 is 15.7 Å². The lowest BCUT2D eigenvalue weighted by Gasteiger charge is -2.07.